The first-order valence-corrected chi connectivity index (χ1v) is 6.51. The number of nitrogens with zero attached hydrogens (tertiary/aromatic N) is 3. The van der Waals surface area contributed by atoms with Crippen molar-refractivity contribution in [2.75, 3.05) is 5.32 Å². The zero-order valence-electron chi connectivity index (χ0n) is 11.1. The molecule has 0 aliphatic heterocycles. The molecule has 1 fully saturated rings. The van der Waals surface area contributed by atoms with Gasteiger partial charge in [-0.2, -0.15) is 5.10 Å². The zero-order chi connectivity index (χ0) is 13.3. The quantitative estimate of drug-likeness (QED) is 0.646. The van der Waals surface area contributed by atoms with E-state index >= 15 is 0 Å². The topological polar surface area (TPSA) is 73.0 Å². The number of rotatable bonds is 5. The third-order valence-corrected chi connectivity index (χ3v) is 3.43. The van der Waals surface area contributed by atoms with E-state index in [1.807, 2.05) is 6.92 Å². The molecule has 0 saturated heterocycles. The Labute approximate surface area is 107 Å². The first kappa shape index (κ1) is 12.9. The highest BCUT2D eigenvalue weighted by atomic mass is 16.6. The summed E-state index contributed by atoms with van der Waals surface area (Å²) in [6, 6.07) is 0.352. The third-order valence-electron chi connectivity index (χ3n) is 3.43. The standard InChI is InChI=1S/C12H20N4O2/c1-4-5-15-12(13-10-6-8(2)7-10)11(16(17)18)9(3)14-15/h8,10,13H,4-7H2,1-3H3. The Hall–Kier alpha value is -1.59. The van der Waals surface area contributed by atoms with E-state index in [0.717, 1.165) is 19.3 Å². The number of aryl methyl sites for hydroxylation is 2. The molecule has 0 atom stereocenters. The van der Waals surface area contributed by atoms with Crippen molar-refractivity contribution in [1.29, 1.82) is 0 Å². The molecule has 1 saturated carbocycles. The highest BCUT2D eigenvalue weighted by Crippen LogP contribution is 2.34. The number of nitro groups is 1. The minimum atomic E-state index is -0.334. The van der Waals surface area contributed by atoms with Gasteiger partial charge in [0.15, 0.2) is 0 Å². The van der Waals surface area contributed by atoms with Gasteiger partial charge in [0, 0.05) is 12.6 Å². The Balaban J connectivity index is 2.25. The lowest BCUT2D eigenvalue weighted by Gasteiger charge is -2.33. The van der Waals surface area contributed by atoms with E-state index in [1.54, 1.807) is 11.6 Å². The van der Waals surface area contributed by atoms with Gasteiger partial charge in [-0.3, -0.25) is 10.1 Å². The van der Waals surface area contributed by atoms with Gasteiger partial charge < -0.3 is 5.32 Å². The van der Waals surface area contributed by atoms with Crippen LogP contribution in [0.1, 0.15) is 38.8 Å². The average Bonchev–Trinajstić information content (AvgIpc) is 2.53. The minimum Gasteiger partial charge on any atom is -0.362 e. The SMILES string of the molecule is CCCn1nc(C)c([N+](=O)[O-])c1NC1CC(C)C1. The van der Waals surface area contributed by atoms with Crippen molar-refractivity contribution >= 4 is 11.5 Å². The lowest BCUT2D eigenvalue weighted by Crippen LogP contribution is -2.34. The van der Waals surface area contributed by atoms with Gasteiger partial charge in [-0.25, -0.2) is 4.68 Å². The van der Waals surface area contributed by atoms with Crippen molar-refractivity contribution in [3.05, 3.63) is 15.8 Å². The van der Waals surface area contributed by atoms with E-state index in [4.69, 9.17) is 0 Å². The molecule has 1 aromatic rings. The minimum absolute atomic E-state index is 0.128. The second-order valence-electron chi connectivity index (χ2n) is 5.18. The Morgan fingerprint density at radius 3 is 2.72 bits per heavy atom. The van der Waals surface area contributed by atoms with E-state index in [9.17, 15) is 10.1 Å². The normalized spacial score (nSPS) is 22.6. The van der Waals surface area contributed by atoms with Gasteiger partial charge >= 0.3 is 5.69 Å². The second-order valence-corrected chi connectivity index (χ2v) is 5.18. The fourth-order valence-electron chi connectivity index (χ4n) is 2.52. The number of hydrogen-bond donors (Lipinski definition) is 1. The molecule has 1 aliphatic carbocycles. The van der Waals surface area contributed by atoms with E-state index in [0.29, 0.717) is 30.0 Å². The molecular formula is C12H20N4O2. The van der Waals surface area contributed by atoms with Gasteiger partial charge in [0.1, 0.15) is 5.69 Å². The molecule has 18 heavy (non-hydrogen) atoms. The molecule has 0 aromatic carbocycles. The van der Waals surface area contributed by atoms with E-state index < -0.39 is 0 Å². The van der Waals surface area contributed by atoms with Crippen LogP contribution in [0.5, 0.6) is 0 Å². The molecule has 100 valence electrons. The highest BCUT2D eigenvalue weighted by molar-refractivity contribution is 5.60. The first-order valence-electron chi connectivity index (χ1n) is 6.51. The summed E-state index contributed by atoms with van der Waals surface area (Å²) < 4.78 is 1.73. The molecule has 0 unspecified atom stereocenters. The molecule has 1 aliphatic rings. The summed E-state index contributed by atoms with van der Waals surface area (Å²) >= 11 is 0. The van der Waals surface area contributed by atoms with Gasteiger partial charge in [0.2, 0.25) is 5.82 Å². The molecule has 6 nitrogen and oxygen atoms in total. The van der Waals surface area contributed by atoms with Gasteiger partial charge in [-0.05, 0) is 32.1 Å². The zero-order valence-corrected chi connectivity index (χ0v) is 11.1. The van der Waals surface area contributed by atoms with Crippen LogP contribution in [0.3, 0.4) is 0 Å². The van der Waals surface area contributed by atoms with Crippen LogP contribution in [0, 0.1) is 23.0 Å². The molecule has 0 amide bonds. The van der Waals surface area contributed by atoms with Gasteiger partial charge in [-0.15, -0.1) is 0 Å². The molecule has 0 spiro atoms. The summed E-state index contributed by atoms with van der Waals surface area (Å²) in [5.41, 5.74) is 0.617. The lowest BCUT2D eigenvalue weighted by molar-refractivity contribution is -0.384. The summed E-state index contributed by atoms with van der Waals surface area (Å²) in [5, 5.41) is 18.7. The van der Waals surface area contributed by atoms with E-state index in [2.05, 4.69) is 17.3 Å². The van der Waals surface area contributed by atoms with Crippen molar-refractivity contribution in [3.63, 3.8) is 0 Å². The van der Waals surface area contributed by atoms with Gasteiger partial charge in [0.05, 0.1) is 4.92 Å². The number of aromatic nitrogens is 2. The number of hydrogen-bond acceptors (Lipinski definition) is 4. The molecule has 1 heterocycles. The molecule has 0 radical (unpaired) electrons. The Kier molecular flexibility index (Phi) is 3.54. The molecule has 2 rings (SSSR count). The van der Waals surface area contributed by atoms with Gasteiger partial charge in [-0.1, -0.05) is 13.8 Å². The monoisotopic (exact) mass is 252 g/mol. The molecule has 1 N–H and O–H groups in total. The predicted octanol–water partition coefficient (Wildman–Crippen LogP) is 2.72. The molecule has 0 bridgehead atoms. The average molecular weight is 252 g/mol. The maximum atomic E-state index is 11.1. The Bertz CT molecular complexity index is 449. The van der Waals surface area contributed by atoms with Crippen LogP contribution in [-0.2, 0) is 6.54 Å². The molecule has 6 heteroatoms. The van der Waals surface area contributed by atoms with Crippen molar-refractivity contribution < 1.29 is 4.92 Å². The van der Waals surface area contributed by atoms with Crippen molar-refractivity contribution in [1.82, 2.24) is 9.78 Å². The van der Waals surface area contributed by atoms with Crippen molar-refractivity contribution in [3.8, 4) is 0 Å². The molecular weight excluding hydrogens is 232 g/mol. The van der Waals surface area contributed by atoms with E-state index in [-0.39, 0.29) is 10.6 Å². The molecule has 1 aromatic heterocycles. The van der Waals surface area contributed by atoms with E-state index in [1.165, 1.54) is 0 Å². The maximum absolute atomic E-state index is 11.1. The fraction of sp³-hybridized carbons (Fsp3) is 0.750. The van der Waals surface area contributed by atoms with Crippen LogP contribution in [0.2, 0.25) is 0 Å². The highest BCUT2D eigenvalue weighted by Gasteiger charge is 2.31. The largest absolute Gasteiger partial charge is 0.362 e. The summed E-state index contributed by atoms with van der Waals surface area (Å²) in [5.74, 6) is 1.29. The second kappa shape index (κ2) is 4.96. The van der Waals surface area contributed by atoms with Crippen molar-refractivity contribution in [2.24, 2.45) is 5.92 Å². The summed E-state index contributed by atoms with van der Waals surface area (Å²) in [6.07, 6.45) is 3.06. The van der Waals surface area contributed by atoms with Crippen LogP contribution in [0.25, 0.3) is 0 Å². The van der Waals surface area contributed by atoms with Crippen LogP contribution < -0.4 is 5.32 Å². The lowest BCUT2D eigenvalue weighted by atomic mass is 9.82. The number of anilines is 1. The Morgan fingerprint density at radius 1 is 1.56 bits per heavy atom. The van der Waals surface area contributed by atoms with Crippen LogP contribution in [0.4, 0.5) is 11.5 Å². The van der Waals surface area contributed by atoms with Crippen LogP contribution >= 0.6 is 0 Å². The predicted molar refractivity (Wildman–Crippen MR) is 69.7 cm³/mol. The first-order chi connectivity index (χ1) is 8.52. The third kappa shape index (κ3) is 2.32. The van der Waals surface area contributed by atoms with Gasteiger partial charge in [0.25, 0.3) is 0 Å². The smallest absolute Gasteiger partial charge is 0.333 e. The fourth-order valence-corrected chi connectivity index (χ4v) is 2.52. The maximum Gasteiger partial charge on any atom is 0.333 e. The number of nitrogens with one attached hydrogen (secondary N) is 1. The summed E-state index contributed by atoms with van der Waals surface area (Å²) in [4.78, 5) is 10.8. The Morgan fingerprint density at radius 2 is 2.22 bits per heavy atom. The van der Waals surface area contributed by atoms with Crippen LogP contribution in [0.15, 0.2) is 0 Å². The van der Waals surface area contributed by atoms with Crippen molar-refractivity contribution in [2.45, 2.75) is 52.6 Å². The summed E-state index contributed by atoms with van der Waals surface area (Å²) in [6.45, 7) is 6.64. The summed E-state index contributed by atoms with van der Waals surface area (Å²) in [7, 11) is 0. The van der Waals surface area contributed by atoms with Crippen LogP contribution in [-0.4, -0.2) is 20.7 Å².